The lowest BCUT2D eigenvalue weighted by Gasteiger charge is -2.57. The fourth-order valence-electron chi connectivity index (χ4n) is 9.00. The van der Waals surface area contributed by atoms with Gasteiger partial charge < -0.3 is 19.7 Å². The van der Waals surface area contributed by atoms with Crippen molar-refractivity contribution in [2.75, 3.05) is 44.3 Å². The van der Waals surface area contributed by atoms with Gasteiger partial charge in [0, 0.05) is 56.9 Å². The third-order valence-corrected chi connectivity index (χ3v) is 10.4. The number of anilines is 1. The van der Waals surface area contributed by atoms with E-state index in [1.54, 1.807) is 12.5 Å². The second-order valence-corrected chi connectivity index (χ2v) is 13.7. The summed E-state index contributed by atoms with van der Waals surface area (Å²) in [5.74, 6) is 5.64. The fourth-order valence-corrected chi connectivity index (χ4v) is 9.00. The van der Waals surface area contributed by atoms with Gasteiger partial charge in [-0.15, -0.1) is 0 Å². The van der Waals surface area contributed by atoms with E-state index >= 15 is 0 Å². The second-order valence-electron chi connectivity index (χ2n) is 13.7. The molecule has 1 amide bonds. The molecule has 1 N–H and O–H groups in total. The van der Waals surface area contributed by atoms with E-state index in [0.29, 0.717) is 32.3 Å². The van der Waals surface area contributed by atoms with E-state index in [1.807, 2.05) is 29.8 Å². The number of benzene rings is 1. The summed E-state index contributed by atoms with van der Waals surface area (Å²) in [5.41, 5.74) is 2.31. The molecular formula is C33H41N7O3. The summed E-state index contributed by atoms with van der Waals surface area (Å²) in [4.78, 5) is 32.5. The summed E-state index contributed by atoms with van der Waals surface area (Å²) >= 11 is 0. The molecule has 0 spiro atoms. The number of hydrogen-bond acceptors (Lipinski definition) is 8. The number of amides is 1. The highest BCUT2D eigenvalue weighted by Crippen LogP contribution is 2.59. The van der Waals surface area contributed by atoms with E-state index in [2.05, 4.69) is 37.2 Å². The van der Waals surface area contributed by atoms with Crippen molar-refractivity contribution in [3.8, 4) is 17.4 Å². The summed E-state index contributed by atoms with van der Waals surface area (Å²) in [6.45, 7) is 6.80. The third-order valence-electron chi connectivity index (χ3n) is 10.4. The van der Waals surface area contributed by atoms with Crippen LogP contribution in [0.4, 0.5) is 5.82 Å². The third kappa shape index (κ3) is 5.34. The highest BCUT2D eigenvalue weighted by molar-refractivity contribution is 5.85. The Morgan fingerprint density at radius 3 is 2.51 bits per heavy atom. The number of nitrogens with zero attached hydrogens (tertiary/aromatic N) is 6. The van der Waals surface area contributed by atoms with Crippen LogP contribution >= 0.6 is 0 Å². The molecule has 0 radical (unpaired) electrons. The Morgan fingerprint density at radius 2 is 1.77 bits per heavy atom. The molecule has 226 valence electrons. The Bertz CT molecular complexity index is 1460. The summed E-state index contributed by atoms with van der Waals surface area (Å²) < 4.78 is 13.4. The van der Waals surface area contributed by atoms with Gasteiger partial charge in [0.05, 0.1) is 0 Å². The first-order valence-corrected chi connectivity index (χ1v) is 16.0. The van der Waals surface area contributed by atoms with Crippen LogP contribution < -0.4 is 19.7 Å². The molecule has 4 saturated carbocycles. The Labute approximate surface area is 252 Å². The first kappa shape index (κ1) is 26.9. The molecule has 1 saturated heterocycles. The number of carbonyl (C=O) groups excluding carboxylic acids is 1. The molecule has 10 heteroatoms. The van der Waals surface area contributed by atoms with Crippen molar-refractivity contribution in [3.05, 3.63) is 54.2 Å². The van der Waals surface area contributed by atoms with Gasteiger partial charge in [-0.3, -0.25) is 14.3 Å². The van der Waals surface area contributed by atoms with Gasteiger partial charge in [-0.1, -0.05) is 6.07 Å². The minimum Gasteiger partial charge on any atom is -0.486 e. The van der Waals surface area contributed by atoms with E-state index in [-0.39, 0.29) is 17.4 Å². The number of ether oxygens (including phenoxy) is 2. The molecule has 2 aliphatic heterocycles. The van der Waals surface area contributed by atoms with Crippen LogP contribution in [0, 0.1) is 30.1 Å². The Morgan fingerprint density at radius 1 is 1.00 bits per heavy atom. The molecule has 6 aliphatic rings. The van der Waals surface area contributed by atoms with Crippen LogP contribution in [0.2, 0.25) is 0 Å². The summed E-state index contributed by atoms with van der Waals surface area (Å²) in [6, 6.07) is 7.82. The molecule has 43 heavy (non-hydrogen) atoms. The number of piperazine rings is 1. The number of aromatic nitrogens is 4. The zero-order chi connectivity index (χ0) is 29.0. The molecule has 9 rings (SSSR count). The van der Waals surface area contributed by atoms with Crippen LogP contribution in [0.1, 0.15) is 49.8 Å². The van der Waals surface area contributed by atoms with Crippen molar-refractivity contribution in [1.29, 1.82) is 0 Å². The van der Waals surface area contributed by atoms with Crippen LogP contribution in [-0.4, -0.2) is 75.8 Å². The van der Waals surface area contributed by atoms with Crippen LogP contribution in [-0.2, 0) is 11.3 Å². The maximum Gasteiger partial charge on any atom is 0.244 e. The maximum atomic E-state index is 14.2. The zero-order valence-corrected chi connectivity index (χ0v) is 25.0. The molecule has 3 aromatic rings. The number of hydrogen-bond donors (Lipinski definition) is 1. The first-order valence-electron chi connectivity index (χ1n) is 16.0. The lowest BCUT2D eigenvalue weighted by atomic mass is 9.49. The lowest BCUT2D eigenvalue weighted by Crippen LogP contribution is -2.60. The van der Waals surface area contributed by atoms with E-state index < -0.39 is 0 Å². The van der Waals surface area contributed by atoms with Crippen molar-refractivity contribution in [1.82, 2.24) is 29.7 Å². The summed E-state index contributed by atoms with van der Waals surface area (Å²) in [6.07, 6.45) is 13.3. The normalized spacial score (nSPS) is 29.6. The highest BCUT2D eigenvalue weighted by atomic mass is 16.6. The van der Waals surface area contributed by atoms with Crippen LogP contribution in [0.25, 0.3) is 5.95 Å². The minimum absolute atomic E-state index is 0.100. The average Bonchev–Trinajstić information content (AvgIpc) is 3.54. The van der Waals surface area contributed by atoms with Gasteiger partial charge in [0.2, 0.25) is 11.9 Å². The first-order chi connectivity index (χ1) is 21.0. The SMILES string of the molecule is Cc1cc(N2CCN(Cc3ccc4c(c3)OCCO4)CC2C(=O)NCC23CC4CC(CC(C4)C2)C3)nc(-n2ccnc2)n1. The smallest absolute Gasteiger partial charge is 0.244 e. The zero-order valence-electron chi connectivity index (χ0n) is 25.0. The maximum absolute atomic E-state index is 14.2. The predicted molar refractivity (Wildman–Crippen MR) is 161 cm³/mol. The van der Waals surface area contributed by atoms with Crippen molar-refractivity contribution in [3.63, 3.8) is 0 Å². The second kappa shape index (κ2) is 10.8. The topological polar surface area (TPSA) is 97.6 Å². The van der Waals surface area contributed by atoms with Gasteiger partial charge in [0.1, 0.15) is 31.4 Å². The van der Waals surface area contributed by atoms with Gasteiger partial charge in [-0.2, -0.15) is 4.98 Å². The van der Waals surface area contributed by atoms with Crippen molar-refractivity contribution in [2.24, 2.45) is 23.2 Å². The molecule has 5 fully saturated rings. The van der Waals surface area contributed by atoms with Gasteiger partial charge >= 0.3 is 0 Å². The van der Waals surface area contributed by atoms with Crippen molar-refractivity contribution in [2.45, 2.75) is 58.0 Å². The molecule has 4 bridgehead atoms. The van der Waals surface area contributed by atoms with E-state index in [9.17, 15) is 4.79 Å². The molecule has 10 nitrogen and oxygen atoms in total. The molecule has 2 aromatic heterocycles. The summed E-state index contributed by atoms with van der Waals surface area (Å²) in [7, 11) is 0. The number of fused-ring (bicyclic) bond motifs is 1. The minimum atomic E-state index is -0.357. The monoisotopic (exact) mass is 583 g/mol. The van der Waals surface area contributed by atoms with Crippen LogP contribution in [0.3, 0.4) is 0 Å². The van der Waals surface area contributed by atoms with Crippen LogP contribution in [0.15, 0.2) is 43.0 Å². The molecular weight excluding hydrogens is 542 g/mol. The van der Waals surface area contributed by atoms with Gasteiger partial charge in [0.15, 0.2) is 11.5 Å². The Balaban J connectivity index is 1.04. The van der Waals surface area contributed by atoms with Gasteiger partial charge in [-0.25, -0.2) is 9.97 Å². The van der Waals surface area contributed by atoms with Crippen LogP contribution in [0.5, 0.6) is 11.5 Å². The molecule has 4 heterocycles. The van der Waals surface area contributed by atoms with E-state index in [1.165, 1.54) is 38.5 Å². The number of imidazole rings is 1. The quantitative estimate of drug-likeness (QED) is 0.449. The van der Waals surface area contributed by atoms with E-state index in [0.717, 1.165) is 66.0 Å². The Hall–Kier alpha value is -3.66. The fraction of sp³-hybridized carbons (Fsp3) is 0.576. The van der Waals surface area contributed by atoms with Gasteiger partial charge in [-0.05, 0) is 86.3 Å². The predicted octanol–water partition coefficient (Wildman–Crippen LogP) is 3.77. The van der Waals surface area contributed by atoms with Crippen molar-refractivity contribution >= 4 is 11.7 Å². The molecule has 1 unspecified atom stereocenters. The highest BCUT2D eigenvalue weighted by Gasteiger charge is 2.51. The van der Waals surface area contributed by atoms with Gasteiger partial charge in [0.25, 0.3) is 0 Å². The van der Waals surface area contributed by atoms with Crippen molar-refractivity contribution < 1.29 is 14.3 Å². The molecule has 4 aliphatic carbocycles. The number of rotatable bonds is 7. The number of nitrogens with one attached hydrogen (secondary N) is 1. The Kier molecular flexibility index (Phi) is 6.77. The average molecular weight is 584 g/mol. The summed E-state index contributed by atoms with van der Waals surface area (Å²) in [5, 5.41) is 3.49. The number of carbonyl (C=O) groups is 1. The largest absolute Gasteiger partial charge is 0.486 e. The van der Waals surface area contributed by atoms with E-state index in [4.69, 9.17) is 14.5 Å². The lowest BCUT2D eigenvalue weighted by molar-refractivity contribution is -0.125. The molecule has 1 aromatic carbocycles. The standard InChI is InChI=1S/C33H41N7O3/c1-22-10-30(37-32(36-22)39-5-4-34-21-39)40-7-6-38(18-23-2-3-28-29(14-23)43-9-8-42-28)19-27(40)31(41)35-20-33-15-24-11-25(16-33)13-26(12-24)17-33/h2-5,10,14,21,24-27H,6-9,11-13,15-20H2,1H3,(H,35,41). The molecule has 1 atom stereocenters. The number of aryl methyl sites for hydroxylation is 1.